The molecule has 1 aromatic heterocycles. The Morgan fingerprint density at radius 1 is 1.44 bits per heavy atom. The monoisotopic (exact) mass is 245 g/mol. The van der Waals surface area contributed by atoms with Crippen molar-refractivity contribution in [3.05, 3.63) is 29.8 Å². The average molecular weight is 245 g/mol. The van der Waals surface area contributed by atoms with E-state index >= 15 is 0 Å². The number of rotatable bonds is 1. The fraction of sp³-hybridized carbons (Fsp3) is 0.385. The van der Waals surface area contributed by atoms with E-state index in [1.165, 1.54) is 6.07 Å². The lowest BCUT2D eigenvalue weighted by Gasteiger charge is -2.24. The third-order valence-corrected chi connectivity index (χ3v) is 3.22. The summed E-state index contributed by atoms with van der Waals surface area (Å²) in [4.78, 5) is 4.16. The first-order valence-electron chi connectivity index (χ1n) is 5.97. The predicted octanol–water partition coefficient (Wildman–Crippen LogP) is 2.75. The average Bonchev–Trinajstić information content (AvgIpc) is 2.84. The summed E-state index contributed by atoms with van der Waals surface area (Å²) in [7, 11) is 0. The molecule has 1 atom stereocenters. The second kappa shape index (κ2) is 4.39. The number of ether oxygens (including phenoxy) is 1. The Morgan fingerprint density at radius 3 is 3.06 bits per heavy atom. The van der Waals surface area contributed by atoms with Crippen LogP contribution in [0.2, 0.25) is 0 Å². The van der Waals surface area contributed by atoms with Crippen molar-refractivity contribution in [1.29, 1.82) is 5.26 Å². The third kappa shape index (κ3) is 1.75. The normalized spacial score (nSPS) is 19.9. The molecular weight excluding hydrogens is 233 g/mol. The van der Waals surface area contributed by atoms with Crippen molar-refractivity contribution in [3.63, 3.8) is 0 Å². The highest BCUT2D eigenvalue weighted by molar-refractivity contribution is 5.77. The topological polar surface area (TPSA) is 50.8 Å². The molecule has 1 aliphatic heterocycles. The SMILES string of the molecule is N#Cc1cc(F)c2c(c1)ncn2C1CCCCO1. The van der Waals surface area contributed by atoms with Crippen molar-refractivity contribution in [1.82, 2.24) is 9.55 Å². The number of aromatic nitrogens is 2. The maximum atomic E-state index is 14.0. The Kier molecular flexibility index (Phi) is 2.73. The van der Waals surface area contributed by atoms with Crippen molar-refractivity contribution < 1.29 is 9.13 Å². The fourth-order valence-corrected chi connectivity index (χ4v) is 2.35. The summed E-state index contributed by atoms with van der Waals surface area (Å²) >= 11 is 0. The van der Waals surface area contributed by atoms with Gasteiger partial charge in [-0.1, -0.05) is 0 Å². The second-order valence-corrected chi connectivity index (χ2v) is 4.41. The van der Waals surface area contributed by atoms with Gasteiger partial charge in [0.15, 0.2) is 5.82 Å². The van der Waals surface area contributed by atoms with Crippen molar-refractivity contribution in [2.75, 3.05) is 6.61 Å². The first kappa shape index (κ1) is 11.2. The van der Waals surface area contributed by atoms with Gasteiger partial charge in [-0.2, -0.15) is 5.26 Å². The van der Waals surface area contributed by atoms with Gasteiger partial charge in [-0.25, -0.2) is 9.37 Å². The maximum Gasteiger partial charge on any atom is 0.150 e. The van der Waals surface area contributed by atoms with E-state index in [2.05, 4.69) is 4.98 Å². The quantitative estimate of drug-likeness (QED) is 0.776. The first-order chi connectivity index (χ1) is 8.79. The van der Waals surface area contributed by atoms with Crippen LogP contribution in [-0.2, 0) is 4.74 Å². The molecule has 0 aliphatic carbocycles. The molecule has 0 radical (unpaired) electrons. The Bertz CT molecular complexity index is 623. The number of benzene rings is 1. The van der Waals surface area contributed by atoms with Crippen LogP contribution in [0.5, 0.6) is 0 Å². The van der Waals surface area contributed by atoms with Gasteiger partial charge < -0.3 is 9.30 Å². The van der Waals surface area contributed by atoms with E-state index in [1.807, 2.05) is 6.07 Å². The molecule has 0 saturated carbocycles. The third-order valence-electron chi connectivity index (χ3n) is 3.22. The van der Waals surface area contributed by atoms with Gasteiger partial charge in [-0.3, -0.25) is 0 Å². The fourth-order valence-electron chi connectivity index (χ4n) is 2.35. The molecule has 1 aromatic carbocycles. The molecule has 0 bridgehead atoms. The molecule has 92 valence electrons. The maximum absolute atomic E-state index is 14.0. The number of fused-ring (bicyclic) bond motifs is 1. The minimum Gasteiger partial charge on any atom is -0.358 e. The van der Waals surface area contributed by atoms with E-state index in [0.717, 1.165) is 19.3 Å². The van der Waals surface area contributed by atoms with E-state index < -0.39 is 5.82 Å². The summed E-state index contributed by atoms with van der Waals surface area (Å²) in [5, 5.41) is 8.80. The van der Waals surface area contributed by atoms with Gasteiger partial charge in [0.1, 0.15) is 11.7 Å². The van der Waals surface area contributed by atoms with Gasteiger partial charge in [-0.05, 0) is 31.4 Å². The molecule has 0 amide bonds. The van der Waals surface area contributed by atoms with Crippen LogP contribution in [-0.4, -0.2) is 16.2 Å². The molecule has 2 heterocycles. The van der Waals surface area contributed by atoms with E-state index in [9.17, 15) is 4.39 Å². The first-order valence-corrected chi connectivity index (χ1v) is 5.97. The summed E-state index contributed by atoms with van der Waals surface area (Å²) in [6, 6.07) is 4.76. The number of nitrogens with zero attached hydrogens (tertiary/aromatic N) is 3. The molecule has 1 aliphatic rings. The molecule has 2 aromatic rings. The highest BCUT2D eigenvalue weighted by Crippen LogP contribution is 2.28. The summed E-state index contributed by atoms with van der Waals surface area (Å²) in [5.74, 6) is -0.421. The van der Waals surface area contributed by atoms with E-state index in [0.29, 0.717) is 17.6 Å². The zero-order valence-electron chi connectivity index (χ0n) is 9.77. The molecule has 0 N–H and O–H groups in total. The summed E-state index contributed by atoms with van der Waals surface area (Å²) in [6.07, 6.45) is 4.42. The number of imidazole rings is 1. The molecular formula is C13H12FN3O. The minimum absolute atomic E-state index is 0.147. The number of nitriles is 1. The molecule has 1 saturated heterocycles. The zero-order valence-corrected chi connectivity index (χ0v) is 9.77. The molecule has 5 heteroatoms. The Labute approximate surface area is 104 Å². The molecule has 1 fully saturated rings. The Balaban J connectivity index is 2.11. The van der Waals surface area contributed by atoms with E-state index in [-0.39, 0.29) is 11.8 Å². The lowest BCUT2D eigenvalue weighted by atomic mass is 10.1. The van der Waals surface area contributed by atoms with Crippen LogP contribution in [0, 0.1) is 17.1 Å². The van der Waals surface area contributed by atoms with Crippen molar-refractivity contribution in [2.45, 2.75) is 25.5 Å². The number of hydrogen-bond donors (Lipinski definition) is 0. The number of halogens is 1. The van der Waals surface area contributed by atoms with E-state index in [1.54, 1.807) is 17.0 Å². The summed E-state index contributed by atoms with van der Waals surface area (Å²) in [5.41, 5.74) is 1.21. The molecule has 3 rings (SSSR count). The van der Waals surface area contributed by atoms with Crippen LogP contribution in [0.25, 0.3) is 11.0 Å². The van der Waals surface area contributed by atoms with Crippen LogP contribution >= 0.6 is 0 Å². The molecule has 1 unspecified atom stereocenters. The lowest BCUT2D eigenvalue weighted by molar-refractivity contribution is -0.0297. The Morgan fingerprint density at radius 2 is 2.33 bits per heavy atom. The van der Waals surface area contributed by atoms with Gasteiger partial charge in [0.2, 0.25) is 0 Å². The molecule has 0 spiro atoms. The summed E-state index contributed by atoms with van der Waals surface area (Å²) < 4.78 is 21.4. The van der Waals surface area contributed by atoms with Crippen molar-refractivity contribution in [2.24, 2.45) is 0 Å². The number of hydrogen-bond acceptors (Lipinski definition) is 3. The van der Waals surface area contributed by atoms with Gasteiger partial charge >= 0.3 is 0 Å². The van der Waals surface area contributed by atoms with Gasteiger partial charge in [-0.15, -0.1) is 0 Å². The smallest absolute Gasteiger partial charge is 0.150 e. The van der Waals surface area contributed by atoms with Gasteiger partial charge in [0.25, 0.3) is 0 Å². The van der Waals surface area contributed by atoms with Crippen LogP contribution in [0.1, 0.15) is 31.1 Å². The standard InChI is InChI=1S/C13H12FN3O/c14-10-5-9(7-15)6-11-13(10)17(8-16-11)12-3-1-2-4-18-12/h5-6,8,12H,1-4H2. The highest BCUT2D eigenvalue weighted by Gasteiger charge is 2.20. The van der Waals surface area contributed by atoms with Crippen molar-refractivity contribution in [3.8, 4) is 6.07 Å². The highest BCUT2D eigenvalue weighted by atomic mass is 19.1. The second-order valence-electron chi connectivity index (χ2n) is 4.41. The summed E-state index contributed by atoms with van der Waals surface area (Å²) in [6.45, 7) is 0.697. The van der Waals surface area contributed by atoms with Crippen LogP contribution in [0.15, 0.2) is 18.5 Å². The van der Waals surface area contributed by atoms with E-state index in [4.69, 9.17) is 10.00 Å². The lowest BCUT2D eigenvalue weighted by Crippen LogP contribution is -2.17. The predicted molar refractivity (Wildman–Crippen MR) is 63.2 cm³/mol. The molecule has 4 nitrogen and oxygen atoms in total. The van der Waals surface area contributed by atoms with Gasteiger partial charge in [0.05, 0.1) is 23.5 Å². The zero-order chi connectivity index (χ0) is 12.5. The largest absolute Gasteiger partial charge is 0.358 e. The minimum atomic E-state index is -0.421. The van der Waals surface area contributed by atoms with Crippen LogP contribution < -0.4 is 0 Å². The van der Waals surface area contributed by atoms with Crippen LogP contribution in [0.4, 0.5) is 4.39 Å². The Hall–Kier alpha value is -1.93. The van der Waals surface area contributed by atoms with Crippen molar-refractivity contribution >= 4 is 11.0 Å². The van der Waals surface area contributed by atoms with Gasteiger partial charge in [0, 0.05) is 6.61 Å². The molecule has 18 heavy (non-hydrogen) atoms. The van der Waals surface area contributed by atoms with Crippen LogP contribution in [0.3, 0.4) is 0 Å².